The zero-order valence-corrected chi connectivity index (χ0v) is 31.9. The maximum atomic E-state index is 5.25. The molecule has 0 amide bonds. The molecule has 2 nitrogen and oxygen atoms in total. The maximum Gasteiger partial charge on any atom is 0.0730 e. The Labute approximate surface area is 331 Å². The molecule has 0 spiro atoms. The molecule has 11 aromatic rings. The number of benzene rings is 9. The second-order valence-electron chi connectivity index (χ2n) is 15.3. The van der Waals surface area contributed by atoms with Crippen molar-refractivity contribution in [3.63, 3.8) is 0 Å². The lowest BCUT2D eigenvalue weighted by atomic mass is 9.91. The van der Waals surface area contributed by atoms with Gasteiger partial charge in [-0.3, -0.25) is 0 Å². The molecule has 0 bridgehead atoms. The van der Waals surface area contributed by atoms with Crippen LogP contribution in [0.15, 0.2) is 194 Å². The third-order valence-corrected chi connectivity index (χ3v) is 11.7. The van der Waals surface area contributed by atoms with Gasteiger partial charge in [-0.15, -0.1) is 0 Å². The normalized spacial score (nSPS) is 11.7. The summed E-state index contributed by atoms with van der Waals surface area (Å²) in [6.45, 7) is 4.29. The van der Waals surface area contributed by atoms with Crippen LogP contribution in [0.4, 0.5) is 0 Å². The lowest BCUT2D eigenvalue weighted by Gasteiger charge is -2.15. The van der Waals surface area contributed by atoms with Crippen molar-refractivity contribution in [2.75, 3.05) is 0 Å². The van der Waals surface area contributed by atoms with Gasteiger partial charge < -0.3 is 4.57 Å². The Hall–Kier alpha value is -7.29. The Morgan fingerprint density at radius 1 is 0.298 bits per heavy atom. The summed E-state index contributed by atoms with van der Waals surface area (Å²) in [7, 11) is 0. The summed E-state index contributed by atoms with van der Waals surface area (Å²) < 4.78 is 2.46. The summed E-state index contributed by atoms with van der Waals surface area (Å²) in [6, 6.07) is 71.1. The zero-order chi connectivity index (χ0) is 38.0. The van der Waals surface area contributed by atoms with Crippen LogP contribution in [0.1, 0.15) is 11.1 Å². The number of hydrogen-bond donors (Lipinski definition) is 0. The van der Waals surface area contributed by atoms with Crippen LogP contribution in [0.3, 0.4) is 0 Å². The van der Waals surface area contributed by atoms with Crippen LogP contribution in [-0.2, 0) is 0 Å². The number of aryl methyl sites for hydroxylation is 2. The first-order chi connectivity index (χ1) is 28.1. The molecule has 9 aromatic carbocycles. The predicted molar refractivity (Wildman–Crippen MR) is 242 cm³/mol. The molecule has 2 heteroatoms. The highest BCUT2D eigenvalue weighted by Crippen LogP contribution is 2.43. The summed E-state index contributed by atoms with van der Waals surface area (Å²) in [4.78, 5) is 5.25. The summed E-state index contributed by atoms with van der Waals surface area (Å²) in [6.07, 6.45) is 0. The molecule has 2 heterocycles. The molecule has 0 atom stereocenters. The van der Waals surface area contributed by atoms with E-state index in [2.05, 4.69) is 213 Å². The molecule has 0 unspecified atom stereocenters. The highest BCUT2D eigenvalue weighted by atomic mass is 15.0. The molecule has 0 fully saturated rings. The van der Waals surface area contributed by atoms with E-state index in [1.54, 1.807) is 0 Å². The number of pyridine rings is 1. The van der Waals surface area contributed by atoms with Gasteiger partial charge in [-0.2, -0.15) is 0 Å². The molecule has 0 saturated heterocycles. The van der Waals surface area contributed by atoms with Crippen molar-refractivity contribution < 1.29 is 0 Å². The quantitative estimate of drug-likeness (QED) is 0.162. The molecule has 0 aliphatic carbocycles. The monoisotopic (exact) mass is 726 g/mol. The Morgan fingerprint density at radius 3 is 1.32 bits per heavy atom. The van der Waals surface area contributed by atoms with Gasteiger partial charge in [0.05, 0.1) is 28.1 Å². The Bertz CT molecular complexity index is 3260. The Morgan fingerprint density at radius 2 is 0.737 bits per heavy atom. The highest BCUT2D eigenvalue weighted by molar-refractivity contribution is 6.29. The van der Waals surface area contributed by atoms with Gasteiger partial charge >= 0.3 is 0 Å². The maximum absolute atomic E-state index is 5.25. The molecule has 11 rings (SSSR count). The molecule has 0 aliphatic heterocycles. The third-order valence-electron chi connectivity index (χ3n) is 11.7. The molecule has 57 heavy (non-hydrogen) atoms. The van der Waals surface area contributed by atoms with Crippen LogP contribution in [0.25, 0.3) is 105 Å². The molecule has 0 aliphatic rings. The van der Waals surface area contributed by atoms with Crippen molar-refractivity contribution in [3.05, 3.63) is 205 Å². The van der Waals surface area contributed by atoms with Gasteiger partial charge in [-0.1, -0.05) is 163 Å². The highest BCUT2D eigenvalue weighted by Gasteiger charge is 2.19. The van der Waals surface area contributed by atoms with E-state index in [9.17, 15) is 0 Å². The van der Waals surface area contributed by atoms with E-state index in [0.29, 0.717) is 0 Å². The first-order valence-electron chi connectivity index (χ1n) is 19.7. The van der Waals surface area contributed by atoms with Crippen LogP contribution in [-0.4, -0.2) is 9.55 Å². The fraction of sp³-hybridized carbons (Fsp3) is 0.0364. The summed E-state index contributed by atoms with van der Waals surface area (Å²) >= 11 is 0. The minimum Gasteiger partial charge on any atom is -0.309 e. The largest absolute Gasteiger partial charge is 0.309 e. The minimum atomic E-state index is 0.944. The van der Waals surface area contributed by atoms with Crippen LogP contribution in [0, 0.1) is 13.8 Å². The fourth-order valence-corrected chi connectivity index (χ4v) is 8.75. The first-order valence-corrected chi connectivity index (χ1v) is 19.7. The van der Waals surface area contributed by atoms with E-state index in [1.807, 2.05) is 0 Å². The van der Waals surface area contributed by atoms with E-state index < -0.39 is 0 Å². The molecule has 0 radical (unpaired) electrons. The number of nitrogens with zero attached hydrogens (tertiary/aromatic N) is 2. The number of hydrogen-bond acceptors (Lipinski definition) is 1. The second-order valence-corrected chi connectivity index (χ2v) is 15.3. The van der Waals surface area contributed by atoms with Crippen molar-refractivity contribution in [3.8, 4) is 50.5 Å². The summed E-state index contributed by atoms with van der Waals surface area (Å²) in [5.74, 6) is 0. The van der Waals surface area contributed by atoms with E-state index >= 15 is 0 Å². The average Bonchev–Trinajstić information content (AvgIpc) is 3.59. The van der Waals surface area contributed by atoms with Crippen molar-refractivity contribution >= 4 is 54.1 Å². The van der Waals surface area contributed by atoms with E-state index in [0.717, 1.165) is 33.7 Å². The van der Waals surface area contributed by atoms with Crippen molar-refractivity contribution in [1.82, 2.24) is 9.55 Å². The van der Waals surface area contributed by atoms with Gasteiger partial charge in [0.1, 0.15) is 0 Å². The zero-order valence-electron chi connectivity index (χ0n) is 31.9. The van der Waals surface area contributed by atoms with Crippen molar-refractivity contribution in [1.29, 1.82) is 0 Å². The molecule has 0 N–H and O–H groups in total. The molecule has 268 valence electrons. The number of rotatable bonds is 5. The van der Waals surface area contributed by atoms with E-state index in [1.165, 1.54) is 82.0 Å². The fourth-order valence-electron chi connectivity index (χ4n) is 8.75. The van der Waals surface area contributed by atoms with Gasteiger partial charge in [-0.25, -0.2) is 4.98 Å². The molecular weight excluding hydrogens is 689 g/mol. The average molecular weight is 727 g/mol. The van der Waals surface area contributed by atoms with Crippen LogP contribution < -0.4 is 0 Å². The Kier molecular flexibility index (Phi) is 7.65. The van der Waals surface area contributed by atoms with Crippen LogP contribution in [0.2, 0.25) is 0 Å². The summed E-state index contributed by atoms with van der Waals surface area (Å²) in [5.41, 5.74) is 14.9. The smallest absolute Gasteiger partial charge is 0.0730 e. The minimum absolute atomic E-state index is 0.944. The first kappa shape index (κ1) is 33.1. The second kappa shape index (κ2) is 13.2. The van der Waals surface area contributed by atoms with Gasteiger partial charge in [-0.05, 0) is 111 Å². The Balaban J connectivity index is 1.25. The third kappa shape index (κ3) is 5.60. The lowest BCUT2D eigenvalue weighted by Crippen LogP contribution is -1.98. The predicted octanol–water partition coefficient (Wildman–Crippen LogP) is 14.9. The molecule has 0 saturated carbocycles. The van der Waals surface area contributed by atoms with Gasteiger partial charge in [0.15, 0.2) is 0 Å². The van der Waals surface area contributed by atoms with E-state index in [-0.39, 0.29) is 0 Å². The van der Waals surface area contributed by atoms with Crippen LogP contribution in [0.5, 0.6) is 0 Å². The van der Waals surface area contributed by atoms with E-state index in [4.69, 9.17) is 4.98 Å². The number of fused-ring (bicyclic) bond motifs is 9. The van der Waals surface area contributed by atoms with Gasteiger partial charge in [0.25, 0.3) is 0 Å². The standard InChI is InChI=1S/C55H38N2/c1-35-17-21-37(22-18-35)41-25-27-46-47(29-41)44-15-9-10-16-45(44)48-33-51-50-30-42(38-23-19-36(2)20-24-38)26-28-54(50)57(55(51)34-49(46)48)43-31-52(39-11-5-3-6-12-39)56-53(32-43)40-13-7-4-8-14-40/h3-34H,1-2H3. The molecule has 2 aromatic heterocycles. The SMILES string of the molecule is Cc1ccc(-c2ccc3c(c2)c2ccccc2c2cc4c5cc(-c6ccc(C)cc6)ccc5n(-c5cc(-c6ccccc6)nc(-c6ccccc6)c5)c4cc32)cc1. The van der Waals surface area contributed by atoms with Crippen molar-refractivity contribution in [2.24, 2.45) is 0 Å². The van der Waals surface area contributed by atoms with Gasteiger partial charge in [0.2, 0.25) is 0 Å². The van der Waals surface area contributed by atoms with Gasteiger partial charge in [0, 0.05) is 21.9 Å². The number of aromatic nitrogens is 2. The van der Waals surface area contributed by atoms with Crippen LogP contribution >= 0.6 is 0 Å². The van der Waals surface area contributed by atoms with Crippen molar-refractivity contribution in [2.45, 2.75) is 13.8 Å². The topological polar surface area (TPSA) is 17.8 Å². The summed E-state index contributed by atoms with van der Waals surface area (Å²) in [5, 5.41) is 10.0. The molecular formula is C55H38N2. The lowest BCUT2D eigenvalue weighted by molar-refractivity contribution is 1.16.